The maximum absolute atomic E-state index is 12.6. The van der Waals surface area contributed by atoms with Crippen molar-refractivity contribution in [3.63, 3.8) is 0 Å². The Kier molecular flexibility index (Phi) is 9.90. The smallest absolute Gasteiger partial charge is 0.410 e. The predicted octanol–water partition coefficient (Wildman–Crippen LogP) is 2.64. The van der Waals surface area contributed by atoms with Crippen LogP contribution in [0.15, 0.2) is 48.5 Å². The van der Waals surface area contributed by atoms with Crippen molar-refractivity contribution in [1.82, 2.24) is 10.2 Å². The number of hydrogen-bond acceptors (Lipinski definition) is 10. The summed E-state index contributed by atoms with van der Waals surface area (Å²) in [6.07, 6.45) is -2.45. The summed E-state index contributed by atoms with van der Waals surface area (Å²) in [7, 11) is 0. The third-order valence-electron chi connectivity index (χ3n) is 5.97. The van der Waals surface area contributed by atoms with Crippen LogP contribution in [0.25, 0.3) is 0 Å². The number of non-ortho nitro benzene ring substituents is 2. The van der Waals surface area contributed by atoms with E-state index in [9.17, 15) is 40.0 Å². The van der Waals surface area contributed by atoms with Gasteiger partial charge in [-0.15, -0.1) is 0 Å². The standard InChI is InChI=1S/C24H28N4O10/c29-20-12-21(26(13-20)24(32)38-15-17-5-9-19(10-6-17)28(35)36)22(30)2-1-11-25-23(31)37-14-16-3-7-18(8-4-16)27(33)34/h3-10,20-22,29-30H,1-2,11-15H2,(H,25,31)/t20-,21+,22+/m1/s1. The number of rotatable bonds is 11. The number of hydrogen-bond donors (Lipinski definition) is 3. The van der Waals surface area contributed by atoms with Crippen molar-refractivity contribution in [2.24, 2.45) is 0 Å². The van der Waals surface area contributed by atoms with Crippen molar-refractivity contribution in [2.75, 3.05) is 13.1 Å². The molecule has 0 saturated carbocycles. The van der Waals surface area contributed by atoms with Crippen LogP contribution < -0.4 is 5.32 Å². The first-order valence-corrected chi connectivity index (χ1v) is 11.8. The molecule has 0 bridgehead atoms. The molecule has 14 nitrogen and oxygen atoms in total. The normalized spacial score (nSPS) is 17.5. The summed E-state index contributed by atoms with van der Waals surface area (Å²) in [6, 6.07) is 10.5. The minimum absolute atomic E-state index is 0.00591. The highest BCUT2D eigenvalue weighted by molar-refractivity contribution is 5.69. The van der Waals surface area contributed by atoms with Gasteiger partial charge in [0, 0.05) is 30.8 Å². The van der Waals surface area contributed by atoms with Gasteiger partial charge in [-0.25, -0.2) is 9.59 Å². The lowest BCUT2D eigenvalue weighted by Gasteiger charge is -2.27. The van der Waals surface area contributed by atoms with Gasteiger partial charge in [0.15, 0.2) is 0 Å². The maximum Gasteiger partial charge on any atom is 0.410 e. The third-order valence-corrected chi connectivity index (χ3v) is 5.97. The van der Waals surface area contributed by atoms with Crippen molar-refractivity contribution >= 4 is 23.6 Å². The molecule has 3 atom stereocenters. The Morgan fingerprint density at radius 2 is 1.50 bits per heavy atom. The molecule has 1 aliphatic rings. The van der Waals surface area contributed by atoms with Gasteiger partial charge in [-0.05, 0) is 54.7 Å². The molecule has 0 aliphatic carbocycles. The highest BCUT2D eigenvalue weighted by atomic mass is 16.6. The van der Waals surface area contributed by atoms with Gasteiger partial charge in [-0.1, -0.05) is 0 Å². The summed E-state index contributed by atoms with van der Waals surface area (Å²) < 4.78 is 10.3. The lowest BCUT2D eigenvalue weighted by atomic mass is 10.0. The van der Waals surface area contributed by atoms with E-state index in [1.54, 1.807) is 0 Å². The number of likely N-dealkylation sites (tertiary alicyclic amines) is 1. The minimum Gasteiger partial charge on any atom is -0.445 e. The summed E-state index contributed by atoms with van der Waals surface area (Å²) in [4.78, 5) is 46.1. The topological polar surface area (TPSA) is 195 Å². The van der Waals surface area contributed by atoms with E-state index < -0.39 is 40.3 Å². The number of nitro benzene ring substituents is 2. The van der Waals surface area contributed by atoms with E-state index in [0.717, 1.165) is 0 Å². The molecule has 2 amide bonds. The molecule has 1 aliphatic heterocycles. The minimum atomic E-state index is -0.975. The molecule has 14 heteroatoms. The molecule has 38 heavy (non-hydrogen) atoms. The fourth-order valence-electron chi connectivity index (χ4n) is 3.97. The number of aliphatic hydroxyl groups excluding tert-OH is 2. The number of amides is 2. The van der Waals surface area contributed by atoms with Gasteiger partial charge in [-0.2, -0.15) is 0 Å². The highest BCUT2D eigenvalue weighted by Gasteiger charge is 2.39. The van der Waals surface area contributed by atoms with Gasteiger partial charge in [0.2, 0.25) is 0 Å². The average molecular weight is 533 g/mol. The van der Waals surface area contributed by atoms with Crippen LogP contribution in [0.5, 0.6) is 0 Å². The van der Waals surface area contributed by atoms with E-state index in [0.29, 0.717) is 17.5 Å². The largest absolute Gasteiger partial charge is 0.445 e. The number of benzene rings is 2. The number of nitrogens with zero attached hydrogens (tertiary/aromatic N) is 3. The van der Waals surface area contributed by atoms with Gasteiger partial charge in [0.1, 0.15) is 13.2 Å². The van der Waals surface area contributed by atoms with Crippen LogP contribution in [-0.2, 0) is 22.7 Å². The second kappa shape index (κ2) is 13.3. The van der Waals surface area contributed by atoms with Crippen LogP contribution in [0.3, 0.4) is 0 Å². The maximum atomic E-state index is 12.6. The molecule has 3 rings (SSSR count). The lowest BCUT2D eigenvalue weighted by molar-refractivity contribution is -0.385. The van der Waals surface area contributed by atoms with Crippen LogP contribution in [0.2, 0.25) is 0 Å². The quantitative estimate of drug-likeness (QED) is 0.220. The zero-order chi connectivity index (χ0) is 27.7. The Morgan fingerprint density at radius 1 is 0.974 bits per heavy atom. The summed E-state index contributed by atoms with van der Waals surface area (Å²) in [6.45, 7) is -0.00837. The fourth-order valence-corrected chi connectivity index (χ4v) is 3.97. The molecule has 2 aromatic rings. The first-order valence-electron chi connectivity index (χ1n) is 11.8. The van der Waals surface area contributed by atoms with E-state index in [4.69, 9.17) is 9.47 Å². The number of alkyl carbamates (subject to hydrolysis) is 1. The van der Waals surface area contributed by atoms with E-state index in [-0.39, 0.29) is 50.5 Å². The molecule has 1 heterocycles. The first kappa shape index (κ1) is 28.3. The monoisotopic (exact) mass is 532 g/mol. The summed E-state index contributed by atoms with van der Waals surface area (Å²) in [5, 5.41) is 44.6. The fraction of sp³-hybridized carbons (Fsp3) is 0.417. The zero-order valence-electron chi connectivity index (χ0n) is 20.3. The van der Waals surface area contributed by atoms with Crippen molar-refractivity contribution < 1.29 is 39.1 Å². The second-order valence-corrected chi connectivity index (χ2v) is 8.72. The van der Waals surface area contributed by atoms with Crippen LogP contribution in [0, 0.1) is 20.2 Å². The summed E-state index contributed by atoms with van der Waals surface area (Å²) in [5.41, 5.74) is 0.981. The van der Waals surface area contributed by atoms with Crippen molar-refractivity contribution in [3.8, 4) is 0 Å². The van der Waals surface area contributed by atoms with E-state index in [1.807, 2.05) is 0 Å². The van der Waals surface area contributed by atoms with Crippen LogP contribution in [-0.4, -0.2) is 68.5 Å². The third kappa shape index (κ3) is 8.11. The molecule has 0 spiro atoms. The Bertz CT molecular complexity index is 1130. The number of carbonyl (C=O) groups excluding carboxylic acids is 2. The van der Waals surface area contributed by atoms with Gasteiger partial charge >= 0.3 is 12.2 Å². The Hall–Kier alpha value is -4.30. The molecule has 1 saturated heterocycles. The Labute approximate surface area is 217 Å². The number of nitrogens with one attached hydrogen (secondary N) is 1. The van der Waals surface area contributed by atoms with Gasteiger partial charge in [0.05, 0.1) is 34.6 Å². The summed E-state index contributed by atoms with van der Waals surface area (Å²) in [5.74, 6) is 0. The number of aliphatic hydroxyl groups is 2. The van der Waals surface area contributed by atoms with E-state index >= 15 is 0 Å². The van der Waals surface area contributed by atoms with Crippen molar-refractivity contribution in [2.45, 2.75) is 50.7 Å². The highest BCUT2D eigenvalue weighted by Crippen LogP contribution is 2.24. The van der Waals surface area contributed by atoms with Crippen molar-refractivity contribution in [1.29, 1.82) is 0 Å². The van der Waals surface area contributed by atoms with Crippen molar-refractivity contribution in [3.05, 3.63) is 79.9 Å². The van der Waals surface area contributed by atoms with E-state index in [1.165, 1.54) is 53.4 Å². The van der Waals surface area contributed by atoms with Gasteiger partial charge < -0.3 is 25.0 Å². The van der Waals surface area contributed by atoms with Gasteiger partial charge in [0.25, 0.3) is 11.4 Å². The second-order valence-electron chi connectivity index (χ2n) is 8.72. The number of ether oxygens (including phenoxy) is 2. The van der Waals surface area contributed by atoms with Crippen LogP contribution >= 0.6 is 0 Å². The van der Waals surface area contributed by atoms with Crippen LogP contribution in [0.4, 0.5) is 21.0 Å². The lowest BCUT2D eigenvalue weighted by Crippen LogP contribution is -2.43. The molecular formula is C24H28N4O10. The molecule has 2 aromatic carbocycles. The molecule has 1 fully saturated rings. The molecular weight excluding hydrogens is 504 g/mol. The molecule has 0 aromatic heterocycles. The summed E-state index contributed by atoms with van der Waals surface area (Å²) >= 11 is 0. The zero-order valence-corrected chi connectivity index (χ0v) is 20.3. The number of carbonyl (C=O) groups is 2. The Balaban J connectivity index is 1.38. The number of nitro groups is 2. The number of β-amino-alcohol motifs (C(OH)–C–C–N with tert-alkyl or cyclic N) is 1. The van der Waals surface area contributed by atoms with Crippen LogP contribution in [0.1, 0.15) is 30.4 Å². The van der Waals surface area contributed by atoms with Gasteiger partial charge in [-0.3, -0.25) is 25.1 Å². The SMILES string of the molecule is O=C(NCCC[C@H](O)[C@@H]1C[C@@H](O)CN1C(=O)OCc1ccc([N+](=O)[O-])cc1)OCc1ccc([N+](=O)[O-])cc1. The molecule has 3 N–H and O–H groups in total. The Morgan fingerprint density at radius 3 is 2.03 bits per heavy atom. The molecule has 204 valence electrons. The average Bonchev–Trinajstić information content (AvgIpc) is 3.30. The molecule has 0 unspecified atom stereocenters. The van der Waals surface area contributed by atoms with E-state index in [2.05, 4.69) is 5.32 Å². The predicted molar refractivity (Wildman–Crippen MR) is 131 cm³/mol. The molecule has 0 radical (unpaired) electrons. The first-order chi connectivity index (χ1) is 18.1.